The number of ether oxygens (including phenoxy) is 1. The Hall–Kier alpha value is -0.260. The quantitative estimate of drug-likeness (QED) is 0.530. The Labute approximate surface area is 70.7 Å². The van der Waals surface area contributed by atoms with Crippen LogP contribution in [-0.4, -0.2) is 44.4 Å². The Balaban J connectivity index is 2.82. The van der Waals surface area contributed by atoms with E-state index in [-0.39, 0.29) is 13.2 Å². The number of aliphatic hydroxyl groups excluding tert-OH is 1. The van der Waals surface area contributed by atoms with Gasteiger partial charge in [0.2, 0.25) is 0 Å². The van der Waals surface area contributed by atoms with Crippen LogP contribution >= 0.6 is 0 Å². The van der Waals surface area contributed by atoms with E-state index >= 15 is 0 Å². The molecule has 0 heterocycles. The van der Waals surface area contributed by atoms with Crippen molar-refractivity contribution in [3.05, 3.63) is 0 Å². The minimum Gasteiger partial charge on any atom is -0.394 e. The fourth-order valence-electron chi connectivity index (χ4n) is 0.677. The second kappa shape index (κ2) is 8.83. The summed E-state index contributed by atoms with van der Waals surface area (Å²) in [4.78, 5) is 0. The van der Waals surface area contributed by atoms with Crippen molar-refractivity contribution < 1.29 is 18.6 Å². The fraction of sp³-hybridized carbons (Fsp3) is 1.00. The normalized spacial score (nSPS) is 11.0. The SMILES string of the molecule is OCCOCCCNCC(F)F. The van der Waals surface area contributed by atoms with Gasteiger partial charge in [-0.15, -0.1) is 0 Å². The van der Waals surface area contributed by atoms with Crippen LogP contribution < -0.4 is 5.32 Å². The maximum Gasteiger partial charge on any atom is 0.250 e. The number of rotatable bonds is 8. The molecule has 0 amide bonds. The van der Waals surface area contributed by atoms with Crippen LogP contribution in [0.4, 0.5) is 8.78 Å². The van der Waals surface area contributed by atoms with E-state index in [0.717, 1.165) is 0 Å². The van der Waals surface area contributed by atoms with E-state index in [1.165, 1.54) is 0 Å². The van der Waals surface area contributed by atoms with E-state index in [1.54, 1.807) is 0 Å². The molecule has 74 valence electrons. The molecule has 0 aromatic carbocycles. The molecule has 12 heavy (non-hydrogen) atoms. The molecule has 0 radical (unpaired) electrons. The van der Waals surface area contributed by atoms with Gasteiger partial charge in [0.1, 0.15) is 0 Å². The van der Waals surface area contributed by atoms with Crippen molar-refractivity contribution in [3.8, 4) is 0 Å². The second-order valence-corrected chi connectivity index (χ2v) is 2.28. The molecule has 0 saturated heterocycles. The van der Waals surface area contributed by atoms with Crippen LogP contribution in [0.2, 0.25) is 0 Å². The second-order valence-electron chi connectivity index (χ2n) is 2.28. The third-order valence-corrected chi connectivity index (χ3v) is 1.18. The summed E-state index contributed by atoms with van der Waals surface area (Å²) < 4.78 is 28.0. The van der Waals surface area contributed by atoms with Gasteiger partial charge in [0.25, 0.3) is 6.43 Å². The molecule has 0 bridgehead atoms. The van der Waals surface area contributed by atoms with Gasteiger partial charge in [-0.25, -0.2) is 8.78 Å². The lowest BCUT2D eigenvalue weighted by Crippen LogP contribution is -2.23. The first-order chi connectivity index (χ1) is 5.77. The predicted molar refractivity (Wildman–Crippen MR) is 41.4 cm³/mol. The maximum absolute atomic E-state index is 11.5. The number of hydrogen-bond donors (Lipinski definition) is 2. The largest absolute Gasteiger partial charge is 0.394 e. The van der Waals surface area contributed by atoms with Gasteiger partial charge in [0.05, 0.1) is 19.8 Å². The van der Waals surface area contributed by atoms with Crippen molar-refractivity contribution in [1.82, 2.24) is 5.32 Å². The average molecular weight is 183 g/mol. The minimum absolute atomic E-state index is 0.00443. The third kappa shape index (κ3) is 9.74. The molecule has 0 atom stereocenters. The minimum atomic E-state index is -2.29. The molecule has 0 fully saturated rings. The molecule has 0 rings (SSSR count). The molecule has 0 aliphatic rings. The van der Waals surface area contributed by atoms with E-state index in [4.69, 9.17) is 9.84 Å². The summed E-state index contributed by atoms with van der Waals surface area (Å²) in [5.74, 6) is 0. The van der Waals surface area contributed by atoms with E-state index in [9.17, 15) is 8.78 Å². The number of hydrogen-bond acceptors (Lipinski definition) is 3. The highest BCUT2D eigenvalue weighted by atomic mass is 19.3. The van der Waals surface area contributed by atoms with E-state index < -0.39 is 6.43 Å². The summed E-state index contributed by atoms with van der Waals surface area (Å²) >= 11 is 0. The summed E-state index contributed by atoms with van der Waals surface area (Å²) in [6.07, 6.45) is -1.60. The van der Waals surface area contributed by atoms with Gasteiger partial charge >= 0.3 is 0 Å². The van der Waals surface area contributed by atoms with Crippen molar-refractivity contribution in [2.75, 3.05) is 32.9 Å². The van der Waals surface area contributed by atoms with E-state index in [1.807, 2.05) is 0 Å². The van der Waals surface area contributed by atoms with Crippen LogP contribution in [0.3, 0.4) is 0 Å². The first kappa shape index (κ1) is 11.7. The Morgan fingerprint density at radius 3 is 2.67 bits per heavy atom. The summed E-state index contributed by atoms with van der Waals surface area (Å²) in [6.45, 7) is 1.08. The molecule has 0 aromatic rings. The van der Waals surface area contributed by atoms with Crippen LogP contribution in [0.15, 0.2) is 0 Å². The number of halogens is 2. The third-order valence-electron chi connectivity index (χ3n) is 1.18. The van der Waals surface area contributed by atoms with E-state index in [0.29, 0.717) is 26.2 Å². The molecule has 3 nitrogen and oxygen atoms in total. The van der Waals surface area contributed by atoms with Crippen molar-refractivity contribution in [2.24, 2.45) is 0 Å². The van der Waals surface area contributed by atoms with Gasteiger partial charge in [-0.05, 0) is 13.0 Å². The predicted octanol–water partition coefficient (Wildman–Crippen LogP) is 0.240. The van der Waals surface area contributed by atoms with Crippen molar-refractivity contribution in [2.45, 2.75) is 12.8 Å². The van der Waals surface area contributed by atoms with Gasteiger partial charge in [0, 0.05) is 6.61 Å². The Morgan fingerprint density at radius 2 is 2.08 bits per heavy atom. The Morgan fingerprint density at radius 1 is 1.33 bits per heavy atom. The summed E-state index contributed by atoms with van der Waals surface area (Å²) in [5.41, 5.74) is 0. The molecule has 5 heteroatoms. The fourth-order valence-corrected chi connectivity index (χ4v) is 0.677. The highest BCUT2D eigenvalue weighted by Gasteiger charge is 1.99. The molecule has 0 saturated carbocycles. The molecule has 0 aliphatic heterocycles. The van der Waals surface area contributed by atoms with E-state index in [2.05, 4.69) is 5.32 Å². The first-order valence-corrected chi connectivity index (χ1v) is 3.95. The number of aliphatic hydroxyl groups is 1. The zero-order chi connectivity index (χ0) is 9.23. The Bertz CT molecular complexity index is 93.5. The van der Waals surface area contributed by atoms with Crippen LogP contribution in [0, 0.1) is 0 Å². The van der Waals surface area contributed by atoms with Gasteiger partial charge < -0.3 is 15.2 Å². The van der Waals surface area contributed by atoms with Gasteiger partial charge in [-0.2, -0.15) is 0 Å². The van der Waals surface area contributed by atoms with Crippen molar-refractivity contribution >= 4 is 0 Å². The number of alkyl halides is 2. The lowest BCUT2D eigenvalue weighted by Gasteiger charge is -2.03. The van der Waals surface area contributed by atoms with Gasteiger partial charge in [-0.1, -0.05) is 0 Å². The Kier molecular flexibility index (Phi) is 8.64. The molecule has 0 unspecified atom stereocenters. The van der Waals surface area contributed by atoms with Crippen molar-refractivity contribution in [1.29, 1.82) is 0 Å². The highest BCUT2D eigenvalue weighted by molar-refractivity contribution is 4.48. The van der Waals surface area contributed by atoms with Crippen LogP contribution in [-0.2, 0) is 4.74 Å². The van der Waals surface area contributed by atoms with Crippen molar-refractivity contribution in [3.63, 3.8) is 0 Å². The first-order valence-electron chi connectivity index (χ1n) is 3.95. The molecule has 2 N–H and O–H groups in total. The smallest absolute Gasteiger partial charge is 0.250 e. The summed E-state index contributed by atoms with van der Waals surface area (Å²) in [7, 11) is 0. The monoisotopic (exact) mass is 183 g/mol. The molecule has 0 aliphatic carbocycles. The number of nitrogens with one attached hydrogen (secondary N) is 1. The summed E-state index contributed by atoms with van der Waals surface area (Å²) in [6, 6.07) is 0. The molecular formula is C7H15F2NO2. The van der Waals surface area contributed by atoms with Gasteiger partial charge in [-0.3, -0.25) is 0 Å². The highest BCUT2D eigenvalue weighted by Crippen LogP contribution is 1.88. The average Bonchev–Trinajstić information content (AvgIpc) is 2.02. The molecule has 0 aromatic heterocycles. The molecule has 0 spiro atoms. The zero-order valence-corrected chi connectivity index (χ0v) is 6.93. The standard InChI is InChI=1S/C7H15F2NO2/c8-7(9)6-10-2-1-4-12-5-3-11/h7,10-11H,1-6H2. The lowest BCUT2D eigenvalue weighted by molar-refractivity contribution is 0.0893. The van der Waals surface area contributed by atoms with Crippen LogP contribution in [0.25, 0.3) is 0 Å². The summed E-state index contributed by atoms with van der Waals surface area (Å²) in [5, 5.41) is 10.9. The lowest BCUT2D eigenvalue weighted by atomic mass is 10.4. The van der Waals surface area contributed by atoms with Crippen LogP contribution in [0.1, 0.15) is 6.42 Å². The maximum atomic E-state index is 11.5. The van der Waals surface area contributed by atoms with Gasteiger partial charge in [0.15, 0.2) is 0 Å². The molecular weight excluding hydrogens is 168 g/mol. The topological polar surface area (TPSA) is 41.5 Å². The zero-order valence-electron chi connectivity index (χ0n) is 6.93. The van der Waals surface area contributed by atoms with Crippen LogP contribution in [0.5, 0.6) is 0 Å².